The molecule has 3 rings (SSSR count). The standard InChI is InChI=1S/C20H21ClN2O2/c1-23(2)10-3-11-25-16-7-4-14(5-8-16)12-18-17-13-15(21)6-9-19(17)22-20(18)24/h4-9,12-13H,3,10-11H2,1-2H3,(H,22,24). The van der Waals surface area contributed by atoms with E-state index in [1.54, 1.807) is 6.07 Å². The monoisotopic (exact) mass is 356 g/mol. The Labute approximate surface area is 153 Å². The fraction of sp³-hybridized carbons (Fsp3) is 0.250. The van der Waals surface area contributed by atoms with Gasteiger partial charge in [-0.15, -0.1) is 0 Å². The molecule has 4 nitrogen and oxygen atoms in total. The molecule has 0 bridgehead atoms. The maximum absolute atomic E-state index is 12.2. The van der Waals surface area contributed by atoms with Gasteiger partial charge in [0.1, 0.15) is 5.75 Å². The Hall–Kier alpha value is -2.30. The summed E-state index contributed by atoms with van der Waals surface area (Å²) >= 11 is 6.05. The smallest absolute Gasteiger partial charge is 0.256 e. The van der Waals surface area contributed by atoms with Crippen LogP contribution in [0.5, 0.6) is 5.75 Å². The summed E-state index contributed by atoms with van der Waals surface area (Å²) in [6.45, 7) is 1.69. The van der Waals surface area contributed by atoms with Crippen LogP contribution in [-0.2, 0) is 4.79 Å². The van der Waals surface area contributed by atoms with Crippen molar-refractivity contribution in [2.75, 3.05) is 32.6 Å². The molecule has 1 amide bonds. The van der Waals surface area contributed by atoms with E-state index in [-0.39, 0.29) is 5.91 Å². The molecule has 1 N–H and O–H groups in total. The minimum Gasteiger partial charge on any atom is -0.494 e. The maximum Gasteiger partial charge on any atom is 0.256 e. The van der Waals surface area contributed by atoms with E-state index < -0.39 is 0 Å². The summed E-state index contributed by atoms with van der Waals surface area (Å²) in [7, 11) is 4.10. The average molecular weight is 357 g/mol. The summed E-state index contributed by atoms with van der Waals surface area (Å²) in [5.41, 5.74) is 3.19. The molecule has 0 aliphatic carbocycles. The van der Waals surface area contributed by atoms with Crippen LogP contribution in [0.4, 0.5) is 5.69 Å². The first-order valence-corrected chi connectivity index (χ1v) is 8.61. The lowest BCUT2D eigenvalue weighted by molar-refractivity contribution is -0.110. The van der Waals surface area contributed by atoms with Gasteiger partial charge in [0.25, 0.3) is 5.91 Å². The third-order valence-corrected chi connectivity index (χ3v) is 4.21. The van der Waals surface area contributed by atoms with Gasteiger partial charge in [-0.25, -0.2) is 0 Å². The molecule has 0 unspecified atom stereocenters. The molecule has 2 aromatic carbocycles. The molecule has 1 heterocycles. The zero-order valence-electron chi connectivity index (χ0n) is 14.4. The number of fused-ring (bicyclic) bond motifs is 1. The molecule has 0 radical (unpaired) electrons. The van der Waals surface area contributed by atoms with Gasteiger partial charge >= 0.3 is 0 Å². The Balaban J connectivity index is 1.70. The van der Waals surface area contributed by atoms with E-state index in [0.717, 1.165) is 35.5 Å². The fourth-order valence-corrected chi connectivity index (χ4v) is 2.87. The minimum atomic E-state index is -0.110. The maximum atomic E-state index is 12.2. The molecule has 0 fully saturated rings. The van der Waals surface area contributed by atoms with Crippen molar-refractivity contribution >= 4 is 34.8 Å². The van der Waals surface area contributed by atoms with Crippen molar-refractivity contribution in [2.45, 2.75) is 6.42 Å². The van der Waals surface area contributed by atoms with Crippen LogP contribution in [0, 0.1) is 0 Å². The van der Waals surface area contributed by atoms with E-state index >= 15 is 0 Å². The predicted molar refractivity (Wildman–Crippen MR) is 103 cm³/mol. The van der Waals surface area contributed by atoms with Crippen LogP contribution in [0.2, 0.25) is 5.02 Å². The minimum absolute atomic E-state index is 0.110. The molecule has 25 heavy (non-hydrogen) atoms. The number of halogens is 1. The van der Waals surface area contributed by atoms with Crippen LogP contribution in [0.3, 0.4) is 0 Å². The Kier molecular flexibility index (Phi) is 5.41. The van der Waals surface area contributed by atoms with Crippen molar-refractivity contribution in [1.82, 2.24) is 4.90 Å². The van der Waals surface area contributed by atoms with Crippen LogP contribution < -0.4 is 10.1 Å². The average Bonchev–Trinajstić information content (AvgIpc) is 2.88. The molecule has 0 saturated carbocycles. The Bertz CT molecular complexity index is 798. The fourth-order valence-electron chi connectivity index (χ4n) is 2.70. The van der Waals surface area contributed by atoms with E-state index in [9.17, 15) is 4.79 Å². The molecule has 0 spiro atoms. The number of nitrogens with one attached hydrogen (secondary N) is 1. The van der Waals surface area contributed by atoms with Crippen LogP contribution in [-0.4, -0.2) is 38.1 Å². The molecular formula is C20H21ClN2O2. The lowest BCUT2D eigenvalue weighted by Crippen LogP contribution is -2.15. The summed E-state index contributed by atoms with van der Waals surface area (Å²) in [5.74, 6) is 0.724. The number of carbonyl (C=O) groups excluding carboxylic acids is 1. The highest BCUT2D eigenvalue weighted by Crippen LogP contribution is 2.35. The quantitative estimate of drug-likeness (QED) is 0.624. The predicted octanol–water partition coefficient (Wildman–Crippen LogP) is 4.16. The second-order valence-electron chi connectivity index (χ2n) is 6.28. The Morgan fingerprint density at radius 2 is 1.92 bits per heavy atom. The molecule has 0 saturated heterocycles. The van der Waals surface area contributed by atoms with Crippen LogP contribution in [0.25, 0.3) is 11.6 Å². The SMILES string of the molecule is CN(C)CCCOc1ccc(C=C2C(=O)Nc3ccc(Cl)cc32)cc1. The number of carbonyl (C=O) groups is 1. The largest absolute Gasteiger partial charge is 0.494 e. The van der Waals surface area contributed by atoms with Gasteiger partial charge in [-0.2, -0.15) is 0 Å². The highest BCUT2D eigenvalue weighted by atomic mass is 35.5. The van der Waals surface area contributed by atoms with Crippen molar-refractivity contribution in [1.29, 1.82) is 0 Å². The van der Waals surface area contributed by atoms with Crippen molar-refractivity contribution in [3.63, 3.8) is 0 Å². The van der Waals surface area contributed by atoms with Gasteiger partial charge in [0, 0.05) is 28.4 Å². The summed E-state index contributed by atoms with van der Waals surface area (Å²) in [5, 5.41) is 3.47. The van der Waals surface area contributed by atoms with E-state index in [0.29, 0.717) is 17.2 Å². The first-order chi connectivity index (χ1) is 12.0. The van der Waals surface area contributed by atoms with Gasteiger partial charge in [0.2, 0.25) is 0 Å². The van der Waals surface area contributed by atoms with Gasteiger partial charge in [0.05, 0.1) is 6.61 Å². The van der Waals surface area contributed by atoms with Crippen molar-refractivity contribution in [3.8, 4) is 5.75 Å². The zero-order chi connectivity index (χ0) is 17.8. The summed E-state index contributed by atoms with van der Waals surface area (Å²) in [4.78, 5) is 14.3. The second-order valence-corrected chi connectivity index (χ2v) is 6.71. The van der Waals surface area contributed by atoms with Crippen LogP contribution >= 0.6 is 11.6 Å². The molecule has 1 aliphatic rings. The zero-order valence-corrected chi connectivity index (χ0v) is 15.1. The first-order valence-electron chi connectivity index (χ1n) is 8.23. The van der Waals surface area contributed by atoms with Crippen molar-refractivity contribution in [2.24, 2.45) is 0 Å². The second kappa shape index (κ2) is 7.72. The summed E-state index contributed by atoms with van der Waals surface area (Å²) < 4.78 is 5.73. The third-order valence-electron chi connectivity index (χ3n) is 3.97. The number of amides is 1. The van der Waals surface area contributed by atoms with Gasteiger partial charge in [-0.05, 0) is 62.5 Å². The number of benzene rings is 2. The molecule has 1 aliphatic heterocycles. The van der Waals surface area contributed by atoms with Gasteiger partial charge < -0.3 is 15.0 Å². The number of anilines is 1. The lowest BCUT2D eigenvalue weighted by Gasteiger charge is -2.10. The molecule has 130 valence electrons. The molecule has 0 atom stereocenters. The van der Waals surface area contributed by atoms with Gasteiger partial charge in [-0.1, -0.05) is 23.7 Å². The number of hydrogen-bond donors (Lipinski definition) is 1. The van der Waals surface area contributed by atoms with Crippen LogP contribution in [0.15, 0.2) is 42.5 Å². The van der Waals surface area contributed by atoms with E-state index in [1.807, 2.05) is 56.6 Å². The third kappa shape index (κ3) is 4.41. The Morgan fingerprint density at radius 3 is 2.64 bits per heavy atom. The molecule has 2 aromatic rings. The number of ether oxygens (including phenoxy) is 1. The number of nitrogens with zero attached hydrogens (tertiary/aromatic N) is 1. The van der Waals surface area contributed by atoms with Gasteiger partial charge in [0.15, 0.2) is 0 Å². The normalized spacial score (nSPS) is 14.7. The molecule has 0 aromatic heterocycles. The highest BCUT2D eigenvalue weighted by molar-refractivity contribution is 6.36. The van der Waals surface area contributed by atoms with E-state index in [2.05, 4.69) is 10.2 Å². The summed E-state index contributed by atoms with van der Waals surface area (Å²) in [6, 6.07) is 13.1. The Morgan fingerprint density at radius 1 is 1.16 bits per heavy atom. The lowest BCUT2D eigenvalue weighted by atomic mass is 10.0. The molecular weight excluding hydrogens is 336 g/mol. The van der Waals surface area contributed by atoms with Crippen LogP contribution in [0.1, 0.15) is 17.5 Å². The first kappa shape index (κ1) is 17.5. The molecule has 5 heteroatoms. The topological polar surface area (TPSA) is 41.6 Å². The number of rotatable bonds is 6. The van der Waals surface area contributed by atoms with E-state index in [1.165, 1.54) is 0 Å². The summed E-state index contributed by atoms with van der Waals surface area (Å²) in [6.07, 6.45) is 2.85. The van der Waals surface area contributed by atoms with Gasteiger partial charge in [-0.3, -0.25) is 4.79 Å². The van der Waals surface area contributed by atoms with Crippen molar-refractivity contribution in [3.05, 3.63) is 58.6 Å². The van der Waals surface area contributed by atoms with Crippen molar-refractivity contribution < 1.29 is 9.53 Å². The highest BCUT2D eigenvalue weighted by Gasteiger charge is 2.24. The number of hydrogen-bond acceptors (Lipinski definition) is 3. The van der Waals surface area contributed by atoms with E-state index in [4.69, 9.17) is 16.3 Å².